The van der Waals surface area contributed by atoms with Crippen LogP contribution in [0.1, 0.15) is 44.7 Å². The normalized spacial score (nSPS) is 25.3. The lowest BCUT2D eigenvalue weighted by Crippen LogP contribution is -2.35. The molecule has 1 aromatic heterocycles. The molecule has 0 amide bonds. The lowest BCUT2D eigenvalue weighted by Gasteiger charge is -2.33. The van der Waals surface area contributed by atoms with Gasteiger partial charge in [-0.25, -0.2) is 0 Å². The summed E-state index contributed by atoms with van der Waals surface area (Å²) in [5.41, 5.74) is 0.573. The molecule has 150 valence electrons. The summed E-state index contributed by atoms with van der Waals surface area (Å²) >= 11 is 6.21. The number of halogens is 1. The van der Waals surface area contributed by atoms with Crippen molar-refractivity contribution < 1.29 is 14.3 Å². The molecule has 0 radical (unpaired) electrons. The predicted molar refractivity (Wildman–Crippen MR) is 110 cm³/mol. The molecule has 0 saturated heterocycles. The Morgan fingerprint density at radius 1 is 1.25 bits per heavy atom. The van der Waals surface area contributed by atoms with Crippen molar-refractivity contribution in [1.82, 2.24) is 4.98 Å². The van der Waals surface area contributed by atoms with Crippen molar-refractivity contribution in [1.29, 1.82) is 0 Å². The lowest BCUT2D eigenvalue weighted by molar-refractivity contribution is -0.153. The number of aromatic nitrogens is 1. The number of hydrogen-bond donors (Lipinski definition) is 0. The van der Waals surface area contributed by atoms with Crippen molar-refractivity contribution in [2.75, 3.05) is 6.61 Å². The molecule has 1 fully saturated rings. The minimum Gasteiger partial charge on any atom is -0.465 e. The molecule has 2 unspecified atom stereocenters. The molecule has 0 N–H and O–H groups in total. The van der Waals surface area contributed by atoms with E-state index in [1.807, 2.05) is 0 Å². The topological polar surface area (TPSA) is 56.3 Å². The van der Waals surface area contributed by atoms with Gasteiger partial charge in [0.25, 0.3) is 0 Å². The zero-order valence-corrected chi connectivity index (χ0v) is 17.1. The summed E-state index contributed by atoms with van der Waals surface area (Å²) in [6.07, 6.45) is 15.4. The Bertz CT molecular complexity index is 750. The Balaban J connectivity index is 1.66. The molecular weight excluding hydrogens is 374 g/mol. The third-order valence-electron chi connectivity index (χ3n) is 5.94. The summed E-state index contributed by atoms with van der Waals surface area (Å²) in [5, 5.41) is 0.477. The zero-order chi connectivity index (χ0) is 19.9. The van der Waals surface area contributed by atoms with E-state index in [1.54, 1.807) is 25.3 Å². The molecule has 1 saturated carbocycles. The van der Waals surface area contributed by atoms with Crippen LogP contribution in [0.4, 0.5) is 0 Å². The summed E-state index contributed by atoms with van der Waals surface area (Å²) in [4.78, 5) is 30.0. The zero-order valence-electron chi connectivity index (χ0n) is 16.4. The van der Waals surface area contributed by atoms with Gasteiger partial charge in [-0.15, -0.1) is 0 Å². The SMILES string of the molecule is CCOC(=O)C(Cc1ncccc1Cl)C(=O)[C@H]1CC[C@H](C2C=CC=CC2)CC1. The van der Waals surface area contributed by atoms with Crippen LogP contribution in [0, 0.1) is 23.7 Å². The molecule has 0 aromatic carbocycles. The van der Waals surface area contributed by atoms with Crippen LogP contribution >= 0.6 is 11.6 Å². The average Bonchev–Trinajstić information content (AvgIpc) is 2.73. The Kier molecular flexibility index (Phi) is 7.43. The van der Waals surface area contributed by atoms with E-state index < -0.39 is 11.9 Å². The Hall–Kier alpha value is -1.94. The van der Waals surface area contributed by atoms with E-state index >= 15 is 0 Å². The van der Waals surface area contributed by atoms with Crippen LogP contribution in [0.2, 0.25) is 5.02 Å². The summed E-state index contributed by atoms with van der Waals surface area (Å²) in [7, 11) is 0. The number of rotatable bonds is 7. The van der Waals surface area contributed by atoms with Crippen LogP contribution in [0.15, 0.2) is 42.6 Å². The highest BCUT2D eigenvalue weighted by molar-refractivity contribution is 6.31. The van der Waals surface area contributed by atoms with Crippen LogP contribution in [-0.2, 0) is 20.7 Å². The molecule has 0 bridgehead atoms. The van der Waals surface area contributed by atoms with E-state index in [9.17, 15) is 9.59 Å². The quantitative estimate of drug-likeness (QED) is 0.478. The second kappa shape index (κ2) is 10.0. The van der Waals surface area contributed by atoms with Crippen molar-refractivity contribution in [2.45, 2.75) is 45.4 Å². The Labute approximate surface area is 172 Å². The van der Waals surface area contributed by atoms with Crippen LogP contribution < -0.4 is 0 Å². The minimum absolute atomic E-state index is 0.0160. The number of pyridine rings is 1. The molecule has 4 nitrogen and oxygen atoms in total. The van der Waals surface area contributed by atoms with Crippen LogP contribution in [-0.4, -0.2) is 23.3 Å². The highest BCUT2D eigenvalue weighted by Crippen LogP contribution is 2.38. The standard InChI is InChI=1S/C23H28ClNO3/c1-2-28-23(27)19(15-21-20(24)9-6-14-25-21)22(26)18-12-10-17(11-13-18)16-7-4-3-5-8-16/h3-7,9,14,16-19H,2,8,10-13,15H2,1H3/t16?,17-,18-,19?. The second-order valence-electron chi connectivity index (χ2n) is 7.67. The van der Waals surface area contributed by atoms with E-state index in [0.29, 0.717) is 22.6 Å². The molecule has 3 rings (SSSR count). The molecule has 2 atom stereocenters. The fourth-order valence-electron chi connectivity index (χ4n) is 4.37. The number of ketones is 1. The van der Waals surface area contributed by atoms with E-state index in [1.165, 1.54) is 0 Å². The van der Waals surface area contributed by atoms with Gasteiger partial charge >= 0.3 is 5.97 Å². The maximum absolute atomic E-state index is 13.2. The third-order valence-corrected chi connectivity index (χ3v) is 6.28. The van der Waals surface area contributed by atoms with Gasteiger partial charge in [-0.2, -0.15) is 0 Å². The number of carbonyl (C=O) groups excluding carboxylic acids is 2. The van der Waals surface area contributed by atoms with Gasteiger partial charge in [-0.1, -0.05) is 35.9 Å². The molecule has 0 aliphatic heterocycles. The van der Waals surface area contributed by atoms with E-state index in [2.05, 4.69) is 29.3 Å². The fourth-order valence-corrected chi connectivity index (χ4v) is 4.57. The molecule has 2 aliphatic rings. The monoisotopic (exact) mass is 401 g/mol. The number of ether oxygens (including phenoxy) is 1. The number of Topliss-reactive ketones (excluding diaryl/α,β-unsaturated/α-hetero) is 1. The second-order valence-corrected chi connectivity index (χ2v) is 8.07. The summed E-state index contributed by atoms with van der Waals surface area (Å²) in [6.45, 7) is 2.01. The largest absolute Gasteiger partial charge is 0.465 e. The molecule has 5 heteroatoms. The smallest absolute Gasteiger partial charge is 0.316 e. The molecule has 28 heavy (non-hydrogen) atoms. The highest BCUT2D eigenvalue weighted by Gasteiger charge is 2.37. The summed E-state index contributed by atoms with van der Waals surface area (Å²) in [5.74, 6) is -0.192. The maximum atomic E-state index is 13.2. The molecular formula is C23H28ClNO3. The Morgan fingerprint density at radius 2 is 2.04 bits per heavy atom. The number of allylic oxidation sites excluding steroid dienone is 4. The van der Waals surface area contributed by atoms with E-state index in [0.717, 1.165) is 32.1 Å². The molecule has 1 aromatic rings. The van der Waals surface area contributed by atoms with Gasteiger partial charge in [-0.05, 0) is 63.0 Å². The highest BCUT2D eigenvalue weighted by atomic mass is 35.5. The first-order chi connectivity index (χ1) is 13.6. The van der Waals surface area contributed by atoms with Gasteiger partial charge in [-0.3, -0.25) is 14.6 Å². The number of hydrogen-bond acceptors (Lipinski definition) is 4. The van der Waals surface area contributed by atoms with Crippen LogP contribution in [0.25, 0.3) is 0 Å². The van der Waals surface area contributed by atoms with Gasteiger partial charge in [0.05, 0.1) is 17.3 Å². The summed E-state index contributed by atoms with van der Waals surface area (Å²) in [6, 6.07) is 3.47. The third kappa shape index (κ3) is 5.11. The summed E-state index contributed by atoms with van der Waals surface area (Å²) < 4.78 is 5.20. The average molecular weight is 402 g/mol. The van der Waals surface area contributed by atoms with Crippen molar-refractivity contribution in [3.8, 4) is 0 Å². The number of esters is 1. The van der Waals surface area contributed by atoms with Gasteiger partial charge in [0.15, 0.2) is 5.78 Å². The maximum Gasteiger partial charge on any atom is 0.316 e. The van der Waals surface area contributed by atoms with Crippen LogP contribution in [0.5, 0.6) is 0 Å². The van der Waals surface area contributed by atoms with Crippen molar-refractivity contribution >= 4 is 23.4 Å². The Morgan fingerprint density at radius 3 is 2.68 bits per heavy atom. The van der Waals surface area contributed by atoms with Gasteiger partial charge in [0.1, 0.15) is 5.92 Å². The molecule has 2 aliphatic carbocycles. The predicted octanol–water partition coefficient (Wildman–Crippen LogP) is 4.96. The van der Waals surface area contributed by atoms with Crippen LogP contribution in [0.3, 0.4) is 0 Å². The van der Waals surface area contributed by atoms with Gasteiger partial charge in [0.2, 0.25) is 0 Å². The first kappa shape index (κ1) is 20.8. The van der Waals surface area contributed by atoms with Crippen molar-refractivity contribution in [3.05, 3.63) is 53.4 Å². The fraction of sp³-hybridized carbons (Fsp3) is 0.522. The number of carbonyl (C=O) groups is 2. The van der Waals surface area contributed by atoms with E-state index in [4.69, 9.17) is 16.3 Å². The van der Waals surface area contributed by atoms with Crippen molar-refractivity contribution in [2.24, 2.45) is 23.7 Å². The van der Waals surface area contributed by atoms with Crippen molar-refractivity contribution in [3.63, 3.8) is 0 Å². The molecule has 1 heterocycles. The minimum atomic E-state index is -0.827. The number of nitrogens with zero attached hydrogens (tertiary/aromatic N) is 1. The van der Waals surface area contributed by atoms with Gasteiger partial charge < -0.3 is 4.74 Å². The van der Waals surface area contributed by atoms with E-state index in [-0.39, 0.29) is 24.7 Å². The first-order valence-corrected chi connectivity index (χ1v) is 10.6. The molecule has 0 spiro atoms. The lowest BCUT2D eigenvalue weighted by atomic mass is 9.71. The van der Waals surface area contributed by atoms with Gasteiger partial charge in [0, 0.05) is 18.5 Å². The first-order valence-electron chi connectivity index (χ1n) is 10.2.